The van der Waals surface area contributed by atoms with E-state index in [1.165, 1.54) is 0 Å². The molecule has 1 aliphatic rings. The van der Waals surface area contributed by atoms with Crippen molar-refractivity contribution in [3.63, 3.8) is 0 Å². The van der Waals surface area contributed by atoms with E-state index in [-0.39, 0.29) is 6.04 Å². The summed E-state index contributed by atoms with van der Waals surface area (Å²) in [6.45, 7) is 3.58. The highest BCUT2D eigenvalue weighted by molar-refractivity contribution is 9.10. The van der Waals surface area contributed by atoms with Crippen LogP contribution in [0.3, 0.4) is 0 Å². The van der Waals surface area contributed by atoms with Crippen molar-refractivity contribution in [3.05, 3.63) is 33.3 Å². The summed E-state index contributed by atoms with van der Waals surface area (Å²) >= 11 is 9.58. The second kappa shape index (κ2) is 5.88. The Hall–Kier alpha value is -0.130. The van der Waals surface area contributed by atoms with Crippen LogP contribution in [0.4, 0.5) is 0 Å². The lowest BCUT2D eigenvalue weighted by atomic mass is 10.0. The quantitative estimate of drug-likeness (QED) is 0.889. The van der Waals surface area contributed by atoms with Crippen LogP contribution in [0.5, 0.6) is 0 Å². The average molecular weight is 335 g/mol. The van der Waals surface area contributed by atoms with Crippen molar-refractivity contribution in [2.75, 3.05) is 19.8 Å². The van der Waals surface area contributed by atoms with E-state index < -0.39 is 5.60 Å². The van der Waals surface area contributed by atoms with E-state index >= 15 is 0 Å². The van der Waals surface area contributed by atoms with Crippen LogP contribution >= 0.6 is 27.5 Å². The van der Waals surface area contributed by atoms with Crippen molar-refractivity contribution in [1.29, 1.82) is 0 Å². The Bertz CT molecular complexity index is 421. The van der Waals surface area contributed by atoms with E-state index in [9.17, 15) is 5.11 Å². The summed E-state index contributed by atoms with van der Waals surface area (Å²) in [6.07, 6.45) is 0.681. The molecule has 1 aromatic rings. The summed E-state index contributed by atoms with van der Waals surface area (Å²) in [5.41, 5.74) is 0.290. The van der Waals surface area contributed by atoms with Crippen LogP contribution in [0.25, 0.3) is 0 Å². The average Bonchev–Trinajstić information content (AvgIpc) is 2.74. The second-order valence-electron chi connectivity index (χ2n) is 4.80. The predicted octanol–water partition coefficient (Wildman–Crippen LogP) is 2.90. The van der Waals surface area contributed by atoms with Crippen LogP contribution in [0.1, 0.15) is 24.9 Å². The lowest BCUT2D eigenvalue weighted by Gasteiger charge is -2.24. The number of ether oxygens (including phenoxy) is 1. The van der Waals surface area contributed by atoms with Crippen molar-refractivity contribution >= 4 is 27.5 Å². The number of hydrogen-bond acceptors (Lipinski definition) is 3. The summed E-state index contributed by atoms with van der Waals surface area (Å²) in [5.74, 6) is 0. The molecular formula is C13H17BrClNO2. The Morgan fingerprint density at radius 3 is 3.00 bits per heavy atom. The minimum absolute atomic E-state index is 0.0928. The molecule has 0 aliphatic carbocycles. The number of aliphatic hydroxyl groups is 1. The van der Waals surface area contributed by atoms with Crippen molar-refractivity contribution < 1.29 is 9.84 Å². The van der Waals surface area contributed by atoms with Crippen LogP contribution in [-0.4, -0.2) is 30.5 Å². The first-order valence-electron chi connectivity index (χ1n) is 5.99. The molecule has 0 radical (unpaired) electrons. The molecule has 0 spiro atoms. The van der Waals surface area contributed by atoms with Crippen LogP contribution in [0.15, 0.2) is 22.7 Å². The molecule has 1 heterocycles. The Balaban J connectivity index is 1.97. The van der Waals surface area contributed by atoms with Gasteiger partial charge in [0.05, 0.1) is 6.61 Å². The first-order valence-corrected chi connectivity index (χ1v) is 7.16. The van der Waals surface area contributed by atoms with Gasteiger partial charge in [0.2, 0.25) is 0 Å². The molecule has 100 valence electrons. The van der Waals surface area contributed by atoms with Gasteiger partial charge in [0.1, 0.15) is 5.60 Å². The molecule has 2 N–H and O–H groups in total. The van der Waals surface area contributed by atoms with Gasteiger partial charge in [-0.25, -0.2) is 0 Å². The van der Waals surface area contributed by atoms with Gasteiger partial charge >= 0.3 is 0 Å². The molecule has 0 amide bonds. The third-order valence-electron chi connectivity index (χ3n) is 3.25. The number of hydrogen-bond donors (Lipinski definition) is 2. The highest BCUT2D eigenvalue weighted by Crippen LogP contribution is 2.27. The van der Waals surface area contributed by atoms with Crippen LogP contribution in [0, 0.1) is 0 Å². The maximum absolute atomic E-state index is 10.2. The fourth-order valence-electron chi connectivity index (χ4n) is 2.04. The van der Waals surface area contributed by atoms with Crippen molar-refractivity contribution in [1.82, 2.24) is 5.32 Å². The lowest BCUT2D eigenvalue weighted by molar-refractivity contribution is 0.0252. The van der Waals surface area contributed by atoms with Gasteiger partial charge in [-0.3, -0.25) is 0 Å². The Morgan fingerprint density at radius 2 is 2.39 bits per heavy atom. The molecule has 0 saturated carbocycles. The molecule has 2 rings (SSSR count). The first-order chi connectivity index (χ1) is 8.50. The molecule has 5 heteroatoms. The van der Waals surface area contributed by atoms with E-state index in [0.717, 1.165) is 15.1 Å². The van der Waals surface area contributed by atoms with Gasteiger partial charge in [0.25, 0.3) is 0 Å². The first kappa shape index (κ1) is 14.3. The minimum Gasteiger partial charge on any atom is -0.386 e. The molecule has 3 nitrogen and oxygen atoms in total. The fourth-order valence-corrected chi connectivity index (χ4v) is 2.88. The largest absolute Gasteiger partial charge is 0.386 e. The van der Waals surface area contributed by atoms with Gasteiger partial charge in [0, 0.05) is 35.1 Å². The Kier molecular flexibility index (Phi) is 4.67. The maximum atomic E-state index is 10.2. The molecule has 0 bridgehead atoms. The van der Waals surface area contributed by atoms with Crippen LogP contribution in [0.2, 0.25) is 5.02 Å². The summed E-state index contributed by atoms with van der Waals surface area (Å²) in [5, 5.41) is 14.2. The van der Waals surface area contributed by atoms with Gasteiger partial charge in [-0.2, -0.15) is 0 Å². The van der Waals surface area contributed by atoms with E-state index in [1.54, 1.807) is 0 Å². The van der Waals surface area contributed by atoms with Gasteiger partial charge in [0.15, 0.2) is 0 Å². The van der Waals surface area contributed by atoms with Crippen LogP contribution in [-0.2, 0) is 4.74 Å². The smallest absolute Gasteiger partial charge is 0.103 e. The van der Waals surface area contributed by atoms with Crippen molar-refractivity contribution in [2.24, 2.45) is 0 Å². The zero-order chi connectivity index (χ0) is 13.2. The SMILES string of the molecule is CC(NCC1(O)CCOC1)c1ccc(Br)cc1Cl. The summed E-state index contributed by atoms with van der Waals surface area (Å²) in [4.78, 5) is 0. The summed E-state index contributed by atoms with van der Waals surface area (Å²) in [6, 6.07) is 5.92. The summed E-state index contributed by atoms with van der Waals surface area (Å²) in [7, 11) is 0. The molecule has 2 unspecified atom stereocenters. The molecule has 1 aromatic carbocycles. The standard InChI is InChI=1S/C13H17BrClNO2/c1-9(11-3-2-10(14)6-12(11)15)16-7-13(17)4-5-18-8-13/h2-3,6,9,16-17H,4-5,7-8H2,1H3. The molecular weight excluding hydrogens is 318 g/mol. The Morgan fingerprint density at radius 1 is 1.61 bits per heavy atom. The number of halogens is 2. The zero-order valence-corrected chi connectivity index (χ0v) is 12.6. The number of rotatable bonds is 4. The van der Waals surface area contributed by atoms with Gasteiger partial charge in [-0.05, 0) is 24.6 Å². The van der Waals surface area contributed by atoms with Crippen molar-refractivity contribution in [3.8, 4) is 0 Å². The molecule has 0 aromatic heterocycles. The molecule has 2 atom stereocenters. The second-order valence-corrected chi connectivity index (χ2v) is 6.12. The normalized spacial score (nSPS) is 25.3. The van der Waals surface area contributed by atoms with Gasteiger partial charge in [-0.1, -0.05) is 33.6 Å². The maximum Gasteiger partial charge on any atom is 0.103 e. The van der Waals surface area contributed by atoms with Gasteiger partial charge in [-0.15, -0.1) is 0 Å². The topological polar surface area (TPSA) is 41.5 Å². The molecule has 1 fully saturated rings. The highest BCUT2D eigenvalue weighted by Gasteiger charge is 2.32. The van der Waals surface area contributed by atoms with E-state index in [0.29, 0.717) is 26.2 Å². The number of nitrogens with one attached hydrogen (secondary N) is 1. The predicted molar refractivity (Wildman–Crippen MR) is 76.0 cm³/mol. The Labute approximate surface area is 121 Å². The van der Waals surface area contributed by atoms with E-state index in [2.05, 4.69) is 21.2 Å². The minimum atomic E-state index is -0.740. The third-order valence-corrected chi connectivity index (χ3v) is 4.07. The van der Waals surface area contributed by atoms with E-state index in [1.807, 2.05) is 25.1 Å². The highest BCUT2D eigenvalue weighted by atomic mass is 79.9. The lowest BCUT2D eigenvalue weighted by Crippen LogP contribution is -2.41. The zero-order valence-electron chi connectivity index (χ0n) is 10.2. The van der Waals surface area contributed by atoms with Crippen molar-refractivity contribution in [2.45, 2.75) is 25.0 Å². The van der Waals surface area contributed by atoms with E-state index in [4.69, 9.17) is 16.3 Å². The third kappa shape index (κ3) is 3.45. The molecule has 1 aliphatic heterocycles. The monoisotopic (exact) mass is 333 g/mol. The summed E-state index contributed by atoms with van der Waals surface area (Å²) < 4.78 is 6.18. The van der Waals surface area contributed by atoms with Crippen LogP contribution < -0.4 is 5.32 Å². The van der Waals surface area contributed by atoms with Gasteiger partial charge < -0.3 is 15.2 Å². The molecule has 18 heavy (non-hydrogen) atoms. The number of benzene rings is 1. The molecule has 1 saturated heterocycles. The fraction of sp³-hybridized carbons (Fsp3) is 0.538.